The van der Waals surface area contributed by atoms with E-state index in [0.29, 0.717) is 19.5 Å². The van der Waals surface area contributed by atoms with E-state index in [4.69, 9.17) is 0 Å². The Kier molecular flexibility index (Phi) is 6.38. The minimum Gasteiger partial charge on any atom is -0.389 e. The fourth-order valence-electron chi connectivity index (χ4n) is 2.23. The molecule has 1 aliphatic heterocycles. The third-order valence-electron chi connectivity index (χ3n) is 3.21. The third-order valence-corrected chi connectivity index (χ3v) is 3.21. The highest BCUT2D eigenvalue weighted by atomic mass is 16.3. The van der Waals surface area contributed by atoms with Gasteiger partial charge in [0, 0.05) is 52.7 Å². The molecule has 7 heteroatoms. The quantitative estimate of drug-likeness (QED) is 0.617. The van der Waals surface area contributed by atoms with Crippen LogP contribution in [0.4, 0.5) is 4.79 Å². The number of piperazine rings is 1. The predicted molar refractivity (Wildman–Crippen MR) is 76.4 cm³/mol. The molecule has 0 aromatic carbocycles. The van der Waals surface area contributed by atoms with E-state index in [2.05, 4.69) is 20.4 Å². The van der Waals surface area contributed by atoms with Gasteiger partial charge < -0.3 is 15.3 Å². The van der Waals surface area contributed by atoms with Crippen LogP contribution in [0.2, 0.25) is 0 Å². The monoisotopic (exact) mass is 286 g/mol. The molecule has 0 saturated carbocycles. The number of hydrogen-bond donors (Lipinski definition) is 3. The lowest BCUT2D eigenvalue weighted by molar-refractivity contribution is -0.120. The zero-order chi connectivity index (χ0) is 15.2. The molecular weight excluding hydrogens is 260 g/mol. The van der Waals surface area contributed by atoms with E-state index in [1.54, 1.807) is 0 Å². The van der Waals surface area contributed by atoms with E-state index in [1.807, 2.05) is 13.8 Å². The highest BCUT2D eigenvalue weighted by molar-refractivity contribution is 5.94. The van der Waals surface area contributed by atoms with Crippen LogP contribution in [0.1, 0.15) is 20.3 Å². The molecule has 1 aliphatic rings. The van der Waals surface area contributed by atoms with E-state index < -0.39 is 11.6 Å². The summed E-state index contributed by atoms with van der Waals surface area (Å²) in [5.41, 5.74) is -0.671. The molecule has 1 heterocycles. The number of carbonyl (C=O) groups is 2. The van der Waals surface area contributed by atoms with Crippen molar-refractivity contribution in [2.24, 2.45) is 0 Å². The van der Waals surface area contributed by atoms with Gasteiger partial charge in [-0.05, 0) is 13.8 Å². The van der Waals surface area contributed by atoms with Crippen LogP contribution in [0, 0.1) is 0 Å². The maximum Gasteiger partial charge on any atom is 0.321 e. The van der Waals surface area contributed by atoms with Crippen molar-refractivity contribution in [2.75, 3.05) is 46.3 Å². The molecule has 3 amide bonds. The lowest BCUT2D eigenvalue weighted by Crippen LogP contribution is -2.51. The van der Waals surface area contributed by atoms with Crippen LogP contribution >= 0.6 is 0 Å². The molecule has 0 aromatic heterocycles. The lowest BCUT2D eigenvalue weighted by Gasteiger charge is -2.37. The van der Waals surface area contributed by atoms with Crippen molar-refractivity contribution in [3.63, 3.8) is 0 Å². The van der Waals surface area contributed by atoms with Crippen molar-refractivity contribution in [3.05, 3.63) is 0 Å². The molecule has 0 unspecified atom stereocenters. The fraction of sp³-hybridized carbons (Fsp3) is 0.846. The summed E-state index contributed by atoms with van der Waals surface area (Å²) in [6, 6.07) is -0.468. The number of β-amino-alcohol motifs (C(OH)–C–C–N with tert-alkyl or cyclic N) is 1. The first-order chi connectivity index (χ1) is 9.30. The normalized spacial score (nSPS) is 17.8. The Balaban J connectivity index is 2.19. The van der Waals surface area contributed by atoms with Gasteiger partial charge in [0.05, 0.1) is 5.60 Å². The first-order valence-corrected chi connectivity index (χ1v) is 6.99. The first-order valence-electron chi connectivity index (χ1n) is 6.99. The highest BCUT2D eigenvalue weighted by Gasteiger charge is 2.22. The Labute approximate surface area is 120 Å². The van der Waals surface area contributed by atoms with Gasteiger partial charge in [-0.25, -0.2) is 4.79 Å². The lowest BCUT2D eigenvalue weighted by atomic mass is 10.1. The number of nitrogens with one attached hydrogen (secondary N) is 2. The minimum atomic E-state index is -0.671. The second-order valence-electron chi connectivity index (χ2n) is 5.81. The van der Waals surface area contributed by atoms with Gasteiger partial charge in [-0.15, -0.1) is 0 Å². The summed E-state index contributed by atoms with van der Waals surface area (Å²) in [6.45, 7) is 8.47. The van der Waals surface area contributed by atoms with Gasteiger partial charge in [-0.2, -0.15) is 0 Å². The summed E-state index contributed by atoms with van der Waals surface area (Å²) in [7, 11) is 1.48. The number of urea groups is 1. The number of rotatable bonds is 5. The number of hydrogen-bond acceptors (Lipinski definition) is 5. The van der Waals surface area contributed by atoms with E-state index in [-0.39, 0.29) is 5.91 Å². The van der Waals surface area contributed by atoms with Gasteiger partial charge in [0.25, 0.3) is 0 Å². The van der Waals surface area contributed by atoms with E-state index >= 15 is 0 Å². The summed E-state index contributed by atoms with van der Waals surface area (Å²) in [5.74, 6) is -0.261. The number of carbonyl (C=O) groups excluding carboxylic acids is 2. The van der Waals surface area contributed by atoms with Crippen molar-refractivity contribution in [1.29, 1.82) is 0 Å². The summed E-state index contributed by atoms with van der Waals surface area (Å²) in [5, 5.41) is 14.4. The molecule has 1 saturated heterocycles. The Bertz CT molecular complexity index is 333. The number of nitrogens with zero attached hydrogens (tertiary/aromatic N) is 2. The molecule has 0 spiro atoms. The molecular formula is C13H26N4O3. The fourth-order valence-corrected chi connectivity index (χ4v) is 2.23. The number of aliphatic hydroxyl groups is 1. The van der Waals surface area contributed by atoms with Crippen molar-refractivity contribution < 1.29 is 14.7 Å². The average molecular weight is 286 g/mol. The molecule has 116 valence electrons. The van der Waals surface area contributed by atoms with E-state index in [0.717, 1.165) is 26.2 Å². The Hall–Kier alpha value is -1.18. The van der Waals surface area contributed by atoms with Crippen molar-refractivity contribution >= 4 is 11.9 Å². The van der Waals surface area contributed by atoms with Crippen LogP contribution in [0.25, 0.3) is 0 Å². The molecule has 0 aromatic rings. The van der Waals surface area contributed by atoms with Crippen LogP contribution in [-0.2, 0) is 4.79 Å². The maximum absolute atomic E-state index is 11.5. The second kappa shape index (κ2) is 7.56. The highest BCUT2D eigenvalue weighted by Crippen LogP contribution is 2.08. The number of amides is 3. The molecule has 20 heavy (non-hydrogen) atoms. The van der Waals surface area contributed by atoms with E-state index in [1.165, 1.54) is 7.05 Å². The molecule has 1 rings (SSSR count). The molecule has 3 N–H and O–H groups in total. The van der Waals surface area contributed by atoms with Crippen LogP contribution in [-0.4, -0.2) is 78.8 Å². The van der Waals surface area contributed by atoms with Gasteiger partial charge in [0.1, 0.15) is 0 Å². The smallest absolute Gasteiger partial charge is 0.321 e. The van der Waals surface area contributed by atoms with Gasteiger partial charge >= 0.3 is 6.03 Å². The van der Waals surface area contributed by atoms with Crippen LogP contribution in [0.3, 0.4) is 0 Å². The summed E-state index contributed by atoms with van der Waals surface area (Å²) in [6.07, 6.45) is 0.318. The summed E-state index contributed by atoms with van der Waals surface area (Å²) >= 11 is 0. The average Bonchev–Trinajstić information content (AvgIpc) is 2.36. The minimum absolute atomic E-state index is 0.261. The molecule has 0 aliphatic carbocycles. The molecule has 0 atom stereocenters. The van der Waals surface area contributed by atoms with Crippen LogP contribution in [0.15, 0.2) is 0 Å². The van der Waals surface area contributed by atoms with E-state index in [9.17, 15) is 14.7 Å². The zero-order valence-corrected chi connectivity index (χ0v) is 12.6. The summed E-state index contributed by atoms with van der Waals surface area (Å²) < 4.78 is 0. The molecule has 1 fully saturated rings. The number of imide groups is 1. The molecule has 7 nitrogen and oxygen atoms in total. The largest absolute Gasteiger partial charge is 0.389 e. The maximum atomic E-state index is 11.5. The Morgan fingerprint density at radius 2 is 1.70 bits per heavy atom. The molecule has 0 bridgehead atoms. The molecule has 0 radical (unpaired) electrons. The SMILES string of the molecule is CNC(=O)NC(=O)CCN1CCN(CC(C)(C)O)CC1. The van der Waals surface area contributed by atoms with Crippen molar-refractivity contribution in [1.82, 2.24) is 20.4 Å². The zero-order valence-electron chi connectivity index (χ0n) is 12.6. The Morgan fingerprint density at radius 3 is 2.20 bits per heavy atom. The van der Waals surface area contributed by atoms with Crippen LogP contribution < -0.4 is 10.6 Å². The third kappa shape index (κ3) is 6.83. The standard InChI is InChI=1S/C13H26N4O3/c1-13(2,20)10-17-8-6-16(7-9-17)5-4-11(18)15-12(19)14-3/h20H,4-10H2,1-3H3,(H2,14,15,18,19). The van der Waals surface area contributed by atoms with Crippen molar-refractivity contribution in [2.45, 2.75) is 25.9 Å². The van der Waals surface area contributed by atoms with Gasteiger partial charge in [-0.3, -0.25) is 15.0 Å². The van der Waals surface area contributed by atoms with Gasteiger partial charge in [0.15, 0.2) is 0 Å². The predicted octanol–water partition coefficient (Wildman–Crippen LogP) is -0.779. The van der Waals surface area contributed by atoms with Gasteiger partial charge in [-0.1, -0.05) is 0 Å². The second-order valence-corrected chi connectivity index (χ2v) is 5.81. The topological polar surface area (TPSA) is 84.9 Å². The summed E-state index contributed by atoms with van der Waals surface area (Å²) in [4.78, 5) is 26.8. The Morgan fingerprint density at radius 1 is 1.15 bits per heavy atom. The van der Waals surface area contributed by atoms with Gasteiger partial charge in [0.2, 0.25) is 5.91 Å². The van der Waals surface area contributed by atoms with Crippen molar-refractivity contribution in [3.8, 4) is 0 Å². The van der Waals surface area contributed by atoms with Crippen LogP contribution in [0.5, 0.6) is 0 Å². The first kappa shape index (κ1) is 16.9.